The minimum atomic E-state index is -0.226. The molecule has 0 aromatic carbocycles. The quantitative estimate of drug-likeness (QED) is 0.681. The first-order chi connectivity index (χ1) is 7.54. The third-order valence-corrected chi connectivity index (χ3v) is 2.55. The number of amides is 1. The molecule has 0 aliphatic heterocycles. The van der Waals surface area contributed by atoms with Gasteiger partial charge in [-0.1, -0.05) is 6.92 Å². The van der Waals surface area contributed by atoms with Crippen LogP contribution in [0.4, 0.5) is 0 Å². The van der Waals surface area contributed by atoms with Crippen molar-refractivity contribution in [3.63, 3.8) is 0 Å². The molecule has 2 atom stereocenters. The minimum absolute atomic E-state index is 0.0118. The summed E-state index contributed by atoms with van der Waals surface area (Å²) in [4.78, 5) is 13.6. The van der Waals surface area contributed by atoms with Crippen LogP contribution in [0.3, 0.4) is 0 Å². The molecule has 0 heterocycles. The van der Waals surface area contributed by atoms with Crippen LogP contribution in [0.1, 0.15) is 20.3 Å². The fourth-order valence-corrected chi connectivity index (χ4v) is 1.23. The van der Waals surface area contributed by atoms with Crippen LogP contribution in [-0.2, 0) is 9.53 Å². The lowest BCUT2D eigenvalue weighted by Crippen LogP contribution is -2.43. The molecule has 0 saturated carbocycles. The van der Waals surface area contributed by atoms with E-state index < -0.39 is 0 Å². The van der Waals surface area contributed by atoms with Gasteiger partial charge in [0.05, 0.1) is 25.0 Å². The number of carbonyl (C=O) groups excluding carboxylic acids is 1. The second kappa shape index (κ2) is 8.08. The molecule has 2 N–H and O–H groups in total. The molecule has 0 spiro atoms. The Morgan fingerprint density at radius 3 is 2.56 bits per heavy atom. The summed E-state index contributed by atoms with van der Waals surface area (Å²) in [6, 6.07) is 1.85. The number of hydrogen-bond donors (Lipinski definition) is 1. The summed E-state index contributed by atoms with van der Waals surface area (Å²) in [6.07, 6.45) is 0.334. The number of nitrogens with two attached hydrogens (primary N) is 1. The number of ether oxygens (including phenoxy) is 1. The Balaban J connectivity index is 4.36. The van der Waals surface area contributed by atoms with E-state index in [2.05, 4.69) is 0 Å². The summed E-state index contributed by atoms with van der Waals surface area (Å²) in [6.45, 7) is 5.03. The highest BCUT2D eigenvalue weighted by Gasteiger charge is 2.22. The first-order valence-corrected chi connectivity index (χ1v) is 5.44. The number of nitrogens with zero attached hydrogens (tertiary/aromatic N) is 2. The van der Waals surface area contributed by atoms with Gasteiger partial charge >= 0.3 is 0 Å². The van der Waals surface area contributed by atoms with E-state index in [1.807, 2.05) is 6.07 Å². The molecule has 1 amide bonds. The highest BCUT2D eigenvalue weighted by molar-refractivity contribution is 5.79. The van der Waals surface area contributed by atoms with Gasteiger partial charge in [-0.05, 0) is 6.92 Å². The summed E-state index contributed by atoms with van der Waals surface area (Å²) >= 11 is 0. The fourth-order valence-electron chi connectivity index (χ4n) is 1.23. The highest BCUT2D eigenvalue weighted by Crippen LogP contribution is 2.06. The van der Waals surface area contributed by atoms with Crippen LogP contribution in [0.25, 0.3) is 0 Å². The molecule has 0 aliphatic carbocycles. The monoisotopic (exact) mass is 227 g/mol. The first kappa shape index (κ1) is 14.9. The van der Waals surface area contributed by atoms with E-state index in [4.69, 9.17) is 15.7 Å². The second-order valence-electron chi connectivity index (χ2n) is 3.87. The molecule has 0 aromatic heterocycles. The van der Waals surface area contributed by atoms with Crippen LogP contribution >= 0.6 is 0 Å². The Hall–Kier alpha value is -1.12. The summed E-state index contributed by atoms with van der Waals surface area (Å²) in [5, 5.41) is 8.53. The van der Waals surface area contributed by atoms with E-state index in [9.17, 15) is 4.79 Å². The smallest absolute Gasteiger partial charge is 0.227 e. The normalized spacial score (nSPS) is 13.9. The average Bonchev–Trinajstić information content (AvgIpc) is 2.27. The molecule has 0 radical (unpaired) electrons. The maximum Gasteiger partial charge on any atom is 0.227 e. The van der Waals surface area contributed by atoms with Gasteiger partial charge in [-0.2, -0.15) is 5.26 Å². The lowest BCUT2D eigenvalue weighted by molar-refractivity contribution is -0.136. The molecule has 0 fully saturated rings. The Morgan fingerprint density at radius 2 is 2.12 bits per heavy atom. The lowest BCUT2D eigenvalue weighted by Gasteiger charge is -2.26. The van der Waals surface area contributed by atoms with Crippen LogP contribution < -0.4 is 5.73 Å². The summed E-state index contributed by atoms with van der Waals surface area (Å²) in [5.74, 6) is -0.238. The van der Waals surface area contributed by atoms with Crippen molar-refractivity contribution < 1.29 is 9.53 Å². The molecule has 0 aromatic rings. The van der Waals surface area contributed by atoms with E-state index >= 15 is 0 Å². The molecule has 0 saturated heterocycles. The summed E-state index contributed by atoms with van der Waals surface area (Å²) < 4.78 is 4.93. The van der Waals surface area contributed by atoms with Gasteiger partial charge in [-0.15, -0.1) is 0 Å². The van der Waals surface area contributed by atoms with E-state index in [0.29, 0.717) is 26.1 Å². The maximum absolute atomic E-state index is 12.0. The van der Waals surface area contributed by atoms with Gasteiger partial charge in [-0.3, -0.25) is 4.79 Å². The van der Waals surface area contributed by atoms with E-state index in [1.165, 1.54) is 0 Å². The van der Waals surface area contributed by atoms with Gasteiger partial charge in [0.25, 0.3) is 0 Å². The van der Waals surface area contributed by atoms with Crippen molar-refractivity contribution in [1.82, 2.24) is 4.90 Å². The second-order valence-corrected chi connectivity index (χ2v) is 3.87. The van der Waals surface area contributed by atoms with Gasteiger partial charge < -0.3 is 15.4 Å². The van der Waals surface area contributed by atoms with Crippen molar-refractivity contribution in [3.05, 3.63) is 0 Å². The Morgan fingerprint density at radius 1 is 1.50 bits per heavy atom. The van der Waals surface area contributed by atoms with Gasteiger partial charge in [0.2, 0.25) is 5.91 Å². The molecule has 92 valence electrons. The summed E-state index contributed by atoms with van der Waals surface area (Å²) in [5.41, 5.74) is 5.69. The van der Waals surface area contributed by atoms with Gasteiger partial charge in [0.1, 0.15) is 0 Å². The molecule has 0 rings (SSSR count). The Labute approximate surface area is 97.2 Å². The molecular weight excluding hydrogens is 206 g/mol. The lowest BCUT2D eigenvalue weighted by atomic mass is 10.0. The van der Waals surface area contributed by atoms with Crippen LogP contribution in [0, 0.1) is 17.2 Å². The number of hydrogen-bond acceptors (Lipinski definition) is 4. The largest absolute Gasteiger partial charge is 0.383 e. The predicted octanol–water partition coefficient (Wildman–Crippen LogP) is 0.358. The Bertz CT molecular complexity index is 248. The zero-order valence-corrected chi connectivity index (χ0v) is 10.3. The molecule has 5 heteroatoms. The first-order valence-electron chi connectivity index (χ1n) is 5.44. The van der Waals surface area contributed by atoms with Crippen LogP contribution in [0.2, 0.25) is 0 Å². The molecule has 0 bridgehead atoms. The van der Waals surface area contributed by atoms with Crippen molar-refractivity contribution in [2.24, 2.45) is 11.7 Å². The third-order valence-electron chi connectivity index (χ3n) is 2.55. The van der Waals surface area contributed by atoms with Gasteiger partial charge in [-0.25, -0.2) is 0 Å². The van der Waals surface area contributed by atoms with Crippen LogP contribution in [-0.4, -0.2) is 43.7 Å². The molecule has 2 unspecified atom stereocenters. The van der Waals surface area contributed by atoms with Crippen molar-refractivity contribution >= 4 is 5.91 Å². The van der Waals surface area contributed by atoms with E-state index in [0.717, 1.165) is 0 Å². The van der Waals surface area contributed by atoms with Crippen LogP contribution in [0.5, 0.6) is 0 Å². The summed E-state index contributed by atoms with van der Waals surface area (Å²) in [7, 11) is 1.59. The molecule has 0 aliphatic rings. The van der Waals surface area contributed by atoms with E-state index in [-0.39, 0.29) is 17.9 Å². The van der Waals surface area contributed by atoms with Crippen molar-refractivity contribution in [2.75, 3.05) is 26.8 Å². The maximum atomic E-state index is 12.0. The fraction of sp³-hybridized carbons (Fsp3) is 0.818. The minimum Gasteiger partial charge on any atom is -0.383 e. The number of methoxy groups -OCH3 is 1. The van der Waals surface area contributed by atoms with Crippen LogP contribution in [0.15, 0.2) is 0 Å². The number of nitriles is 1. The highest BCUT2D eigenvalue weighted by atomic mass is 16.5. The van der Waals surface area contributed by atoms with Crippen molar-refractivity contribution in [1.29, 1.82) is 5.26 Å². The van der Waals surface area contributed by atoms with E-state index in [1.54, 1.807) is 25.9 Å². The predicted molar refractivity (Wildman–Crippen MR) is 61.5 cm³/mol. The standard InChI is InChI=1S/C11H21N3O2/c1-9(10(2)13)11(15)14(6-4-5-12)7-8-16-3/h9-10H,4,6-8,13H2,1-3H3. The third kappa shape index (κ3) is 5.10. The zero-order valence-electron chi connectivity index (χ0n) is 10.3. The van der Waals surface area contributed by atoms with Crippen molar-refractivity contribution in [3.8, 4) is 6.07 Å². The Kier molecular flexibility index (Phi) is 7.52. The average molecular weight is 227 g/mol. The molecule has 5 nitrogen and oxygen atoms in total. The number of carbonyl (C=O) groups is 1. The number of rotatable bonds is 7. The topological polar surface area (TPSA) is 79.3 Å². The van der Waals surface area contributed by atoms with Gasteiger partial charge in [0.15, 0.2) is 0 Å². The zero-order chi connectivity index (χ0) is 12.6. The SMILES string of the molecule is COCCN(CCC#N)C(=O)C(C)C(C)N. The van der Waals surface area contributed by atoms with Crippen molar-refractivity contribution in [2.45, 2.75) is 26.3 Å². The molecular formula is C11H21N3O2. The van der Waals surface area contributed by atoms with Gasteiger partial charge in [0, 0.05) is 26.2 Å². The molecule has 16 heavy (non-hydrogen) atoms.